The molecule has 2 aromatic carbocycles. The van der Waals surface area contributed by atoms with E-state index in [0.29, 0.717) is 34.8 Å². The van der Waals surface area contributed by atoms with Gasteiger partial charge >= 0.3 is 11.9 Å². The Morgan fingerprint density at radius 1 is 0.935 bits per heavy atom. The van der Waals surface area contributed by atoms with Crippen molar-refractivity contribution >= 4 is 23.5 Å². The van der Waals surface area contributed by atoms with Gasteiger partial charge in [0.25, 0.3) is 0 Å². The Bertz CT molecular complexity index is 1130. The van der Waals surface area contributed by atoms with Crippen LogP contribution in [0.3, 0.4) is 0 Å². The molecule has 0 saturated heterocycles. The van der Waals surface area contributed by atoms with Crippen LogP contribution >= 0.6 is 11.6 Å². The zero-order chi connectivity index (χ0) is 22.1. The van der Waals surface area contributed by atoms with E-state index in [4.69, 9.17) is 25.8 Å². The zero-order valence-electron chi connectivity index (χ0n) is 17.5. The van der Waals surface area contributed by atoms with Crippen LogP contribution < -0.4 is 4.74 Å². The van der Waals surface area contributed by atoms with Gasteiger partial charge in [-0.15, -0.1) is 0 Å². The van der Waals surface area contributed by atoms with E-state index in [-0.39, 0.29) is 5.97 Å². The lowest BCUT2D eigenvalue weighted by atomic mass is 9.93. The van der Waals surface area contributed by atoms with Crippen LogP contribution in [0.25, 0.3) is 22.4 Å². The number of esters is 2. The molecule has 0 N–H and O–H groups in total. The number of rotatable bonds is 5. The van der Waals surface area contributed by atoms with Gasteiger partial charge in [-0.1, -0.05) is 23.7 Å². The SMILES string of the molecule is COC(=O)c1c(-c2ccc(Cl)cc2)c(-c2ccc(OC)cc2)n2c1C(C(=O)OC)CC2. The quantitative estimate of drug-likeness (QED) is 0.527. The first-order valence-corrected chi connectivity index (χ1v) is 10.2. The third-order valence-corrected chi connectivity index (χ3v) is 5.90. The molecule has 0 fully saturated rings. The standard InChI is InChI=1S/C24H22ClNO5/c1-29-17-10-6-15(7-11-17)21-19(14-4-8-16(25)9-5-14)20(24(28)31-3)22-18(23(27)30-2)12-13-26(21)22/h4-11,18H,12-13H2,1-3H3. The largest absolute Gasteiger partial charge is 0.497 e. The molecule has 2 heterocycles. The van der Waals surface area contributed by atoms with Gasteiger partial charge in [-0.3, -0.25) is 4.79 Å². The Hall–Kier alpha value is -3.25. The fraction of sp³-hybridized carbons (Fsp3) is 0.250. The van der Waals surface area contributed by atoms with Crippen molar-refractivity contribution in [1.82, 2.24) is 4.57 Å². The summed E-state index contributed by atoms with van der Waals surface area (Å²) in [5, 5.41) is 0.591. The maximum absolute atomic E-state index is 13.0. The lowest BCUT2D eigenvalue weighted by molar-refractivity contribution is -0.142. The van der Waals surface area contributed by atoms with Crippen LogP contribution in [0.5, 0.6) is 5.75 Å². The number of aromatic nitrogens is 1. The second kappa shape index (κ2) is 8.47. The Labute approximate surface area is 185 Å². The summed E-state index contributed by atoms with van der Waals surface area (Å²) >= 11 is 6.11. The normalized spacial score (nSPS) is 14.8. The van der Waals surface area contributed by atoms with Crippen molar-refractivity contribution < 1.29 is 23.8 Å². The molecule has 3 aromatic rings. The van der Waals surface area contributed by atoms with E-state index in [1.807, 2.05) is 41.0 Å². The fourth-order valence-electron chi connectivity index (χ4n) is 4.25. The maximum atomic E-state index is 13.0. The summed E-state index contributed by atoms with van der Waals surface area (Å²) in [4.78, 5) is 25.5. The number of benzene rings is 2. The van der Waals surface area contributed by atoms with Gasteiger partial charge in [0.15, 0.2) is 0 Å². The molecule has 0 amide bonds. The van der Waals surface area contributed by atoms with Crippen LogP contribution in [0, 0.1) is 0 Å². The molecular weight excluding hydrogens is 418 g/mol. The Morgan fingerprint density at radius 3 is 2.16 bits per heavy atom. The van der Waals surface area contributed by atoms with E-state index in [2.05, 4.69) is 0 Å². The predicted octanol–water partition coefficient (Wildman–Crippen LogP) is 4.93. The van der Waals surface area contributed by atoms with Gasteiger partial charge < -0.3 is 18.8 Å². The van der Waals surface area contributed by atoms with E-state index < -0.39 is 11.9 Å². The number of hydrogen-bond acceptors (Lipinski definition) is 5. The molecular formula is C24H22ClNO5. The first-order chi connectivity index (χ1) is 15.0. The van der Waals surface area contributed by atoms with E-state index >= 15 is 0 Å². The van der Waals surface area contributed by atoms with Crippen molar-refractivity contribution in [3.63, 3.8) is 0 Å². The molecule has 1 unspecified atom stereocenters. The number of methoxy groups -OCH3 is 3. The summed E-state index contributed by atoms with van der Waals surface area (Å²) in [5.74, 6) is -0.683. The van der Waals surface area contributed by atoms with Gasteiger partial charge in [-0.05, 0) is 53.9 Å². The van der Waals surface area contributed by atoms with Crippen molar-refractivity contribution in [2.75, 3.05) is 21.3 Å². The van der Waals surface area contributed by atoms with Gasteiger partial charge in [0.2, 0.25) is 0 Å². The summed E-state index contributed by atoms with van der Waals surface area (Å²) in [6.07, 6.45) is 0.552. The van der Waals surface area contributed by atoms with Gasteiger partial charge in [-0.2, -0.15) is 0 Å². The van der Waals surface area contributed by atoms with Crippen molar-refractivity contribution in [2.24, 2.45) is 0 Å². The van der Waals surface area contributed by atoms with Crippen LogP contribution in [-0.2, 0) is 20.8 Å². The molecule has 1 aromatic heterocycles. The number of halogens is 1. The van der Waals surface area contributed by atoms with Crippen molar-refractivity contribution in [3.05, 3.63) is 64.8 Å². The second-order valence-electron chi connectivity index (χ2n) is 7.23. The van der Waals surface area contributed by atoms with E-state index in [1.165, 1.54) is 14.2 Å². The average molecular weight is 440 g/mol. The number of carbonyl (C=O) groups excluding carboxylic acids is 2. The van der Waals surface area contributed by atoms with Crippen molar-refractivity contribution in [2.45, 2.75) is 18.9 Å². The monoisotopic (exact) mass is 439 g/mol. The molecule has 7 heteroatoms. The van der Waals surface area contributed by atoms with E-state index in [0.717, 1.165) is 22.6 Å². The molecule has 0 spiro atoms. The number of carbonyl (C=O) groups is 2. The highest BCUT2D eigenvalue weighted by atomic mass is 35.5. The van der Waals surface area contributed by atoms with Crippen molar-refractivity contribution in [1.29, 1.82) is 0 Å². The second-order valence-corrected chi connectivity index (χ2v) is 7.66. The molecule has 1 atom stereocenters. The molecule has 160 valence electrons. The minimum absolute atomic E-state index is 0.370. The van der Waals surface area contributed by atoms with Gasteiger partial charge in [0.1, 0.15) is 5.75 Å². The smallest absolute Gasteiger partial charge is 0.340 e. The highest BCUT2D eigenvalue weighted by molar-refractivity contribution is 6.30. The molecule has 0 bridgehead atoms. The molecule has 6 nitrogen and oxygen atoms in total. The summed E-state index contributed by atoms with van der Waals surface area (Å²) in [6.45, 7) is 0.577. The topological polar surface area (TPSA) is 66.8 Å². The maximum Gasteiger partial charge on any atom is 0.340 e. The lowest BCUT2D eigenvalue weighted by Crippen LogP contribution is -2.15. The first kappa shape index (κ1) is 21.0. The molecule has 0 radical (unpaired) electrons. The van der Waals surface area contributed by atoms with Gasteiger partial charge in [0.05, 0.1) is 38.5 Å². The van der Waals surface area contributed by atoms with Crippen LogP contribution in [0.2, 0.25) is 5.02 Å². The highest BCUT2D eigenvalue weighted by Crippen LogP contribution is 2.46. The Morgan fingerprint density at radius 2 is 1.58 bits per heavy atom. The molecule has 0 saturated carbocycles. The summed E-state index contributed by atoms with van der Waals surface area (Å²) < 4.78 is 17.5. The molecule has 4 rings (SSSR count). The van der Waals surface area contributed by atoms with E-state index in [1.54, 1.807) is 19.2 Å². The van der Waals surface area contributed by atoms with Crippen LogP contribution in [0.1, 0.15) is 28.4 Å². The van der Waals surface area contributed by atoms with Crippen molar-refractivity contribution in [3.8, 4) is 28.1 Å². The van der Waals surface area contributed by atoms with E-state index in [9.17, 15) is 9.59 Å². The Kier molecular flexibility index (Phi) is 5.74. The first-order valence-electron chi connectivity index (χ1n) is 9.83. The highest BCUT2D eigenvalue weighted by Gasteiger charge is 2.40. The summed E-state index contributed by atoms with van der Waals surface area (Å²) in [7, 11) is 4.31. The molecule has 1 aliphatic rings. The number of fused-ring (bicyclic) bond motifs is 1. The molecule has 1 aliphatic heterocycles. The lowest BCUT2D eigenvalue weighted by Gasteiger charge is -2.12. The predicted molar refractivity (Wildman–Crippen MR) is 118 cm³/mol. The third kappa shape index (κ3) is 3.57. The molecule has 0 aliphatic carbocycles. The number of nitrogens with zero attached hydrogens (tertiary/aromatic N) is 1. The number of hydrogen-bond donors (Lipinski definition) is 0. The van der Waals surface area contributed by atoms with Crippen LogP contribution in [0.4, 0.5) is 0 Å². The third-order valence-electron chi connectivity index (χ3n) is 5.65. The molecule has 31 heavy (non-hydrogen) atoms. The van der Waals surface area contributed by atoms with Gasteiger partial charge in [-0.25, -0.2) is 4.79 Å². The summed E-state index contributed by atoms with van der Waals surface area (Å²) in [5.41, 5.74) is 4.25. The average Bonchev–Trinajstić information content (AvgIpc) is 3.36. The van der Waals surface area contributed by atoms with Crippen LogP contribution in [-0.4, -0.2) is 37.8 Å². The minimum Gasteiger partial charge on any atom is -0.497 e. The number of ether oxygens (including phenoxy) is 3. The zero-order valence-corrected chi connectivity index (χ0v) is 18.2. The van der Waals surface area contributed by atoms with Crippen LogP contribution in [0.15, 0.2) is 48.5 Å². The Balaban J connectivity index is 2.06. The summed E-state index contributed by atoms with van der Waals surface area (Å²) in [6, 6.07) is 14.9. The minimum atomic E-state index is -0.544. The fourth-order valence-corrected chi connectivity index (χ4v) is 4.38. The van der Waals surface area contributed by atoms with Gasteiger partial charge in [0, 0.05) is 22.8 Å².